The summed E-state index contributed by atoms with van der Waals surface area (Å²) in [7, 11) is 0. The van der Waals surface area contributed by atoms with E-state index in [4.69, 9.17) is 10.8 Å². The molecule has 5 N–H and O–H groups in total. The summed E-state index contributed by atoms with van der Waals surface area (Å²) in [5.74, 6) is -2.51. The molecule has 1 aliphatic carbocycles. The summed E-state index contributed by atoms with van der Waals surface area (Å²) in [4.78, 5) is 22.2. The highest BCUT2D eigenvalue weighted by atomic mass is 16.4. The maximum atomic E-state index is 11.1. The number of rotatable bonds is 4. The van der Waals surface area contributed by atoms with Crippen LogP contribution in [0.25, 0.3) is 0 Å². The van der Waals surface area contributed by atoms with Crippen molar-refractivity contribution in [3.8, 4) is 0 Å². The van der Waals surface area contributed by atoms with Crippen LogP contribution in [-0.4, -0.2) is 34.4 Å². The van der Waals surface area contributed by atoms with Gasteiger partial charge in [-0.1, -0.05) is 19.3 Å². The van der Waals surface area contributed by atoms with Gasteiger partial charge < -0.3 is 21.3 Å². The zero-order valence-corrected chi connectivity index (χ0v) is 9.11. The molecule has 1 fully saturated rings. The van der Waals surface area contributed by atoms with Crippen LogP contribution in [0.3, 0.4) is 0 Å². The summed E-state index contributed by atoms with van der Waals surface area (Å²) in [5, 5.41) is 21.2. The lowest BCUT2D eigenvalue weighted by atomic mass is 9.81. The quantitative estimate of drug-likeness (QED) is 0.482. The summed E-state index contributed by atoms with van der Waals surface area (Å²) in [5.41, 5.74) is 2.92. The second-order valence-electron chi connectivity index (χ2n) is 4.16. The van der Waals surface area contributed by atoms with E-state index in [-0.39, 0.29) is 6.54 Å². The third kappa shape index (κ3) is 2.70. The van der Waals surface area contributed by atoms with Crippen LogP contribution < -0.4 is 11.1 Å². The molecule has 6 nitrogen and oxygen atoms in total. The van der Waals surface area contributed by atoms with E-state index in [0.717, 1.165) is 19.3 Å². The van der Waals surface area contributed by atoms with Crippen molar-refractivity contribution in [3.63, 3.8) is 0 Å². The molecular formula is C10H18N2O4. The number of nitrogens with two attached hydrogens (primary N) is 1. The molecule has 0 spiro atoms. The van der Waals surface area contributed by atoms with Gasteiger partial charge in [-0.3, -0.25) is 4.79 Å². The molecule has 0 aromatic heterocycles. The minimum Gasteiger partial charge on any atom is -0.478 e. The van der Waals surface area contributed by atoms with Crippen LogP contribution in [0.1, 0.15) is 32.1 Å². The first-order chi connectivity index (χ1) is 7.50. The minimum absolute atomic E-state index is 0.331. The number of carbonyl (C=O) groups excluding carboxylic acids is 1. The lowest BCUT2D eigenvalue weighted by molar-refractivity contribution is -0.174. The van der Waals surface area contributed by atoms with Crippen molar-refractivity contribution in [3.05, 3.63) is 0 Å². The average Bonchev–Trinajstić information content (AvgIpc) is 2.29. The van der Waals surface area contributed by atoms with Crippen LogP contribution in [0.2, 0.25) is 0 Å². The highest BCUT2D eigenvalue weighted by molar-refractivity contribution is 5.86. The maximum absolute atomic E-state index is 11.1. The Labute approximate surface area is 93.8 Å². The van der Waals surface area contributed by atoms with Crippen molar-refractivity contribution in [2.45, 2.75) is 37.8 Å². The first-order valence-electron chi connectivity index (χ1n) is 5.47. The van der Waals surface area contributed by atoms with Gasteiger partial charge in [-0.05, 0) is 12.8 Å². The van der Waals surface area contributed by atoms with Crippen LogP contribution in [0.15, 0.2) is 0 Å². The second-order valence-corrected chi connectivity index (χ2v) is 4.16. The number of aliphatic hydroxyl groups is 1. The predicted molar refractivity (Wildman–Crippen MR) is 56.4 cm³/mol. The van der Waals surface area contributed by atoms with Crippen molar-refractivity contribution in [2.24, 2.45) is 11.7 Å². The molecule has 6 heteroatoms. The van der Waals surface area contributed by atoms with Crippen molar-refractivity contribution in [1.29, 1.82) is 0 Å². The molecule has 1 aliphatic rings. The fraction of sp³-hybridized carbons (Fsp3) is 0.800. The molecule has 0 heterocycles. The molecule has 16 heavy (non-hydrogen) atoms. The first-order valence-corrected chi connectivity index (χ1v) is 5.47. The Morgan fingerprint density at radius 1 is 1.31 bits per heavy atom. The van der Waals surface area contributed by atoms with Crippen LogP contribution in [-0.2, 0) is 9.59 Å². The van der Waals surface area contributed by atoms with Crippen LogP contribution >= 0.6 is 0 Å². The SMILES string of the molecule is NCC(=O)NC(O)(C(=O)O)C1CCCCC1. The van der Waals surface area contributed by atoms with E-state index in [1.165, 1.54) is 0 Å². The summed E-state index contributed by atoms with van der Waals surface area (Å²) in [6, 6.07) is 0. The van der Waals surface area contributed by atoms with Crippen molar-refractivity contribution in [1.82, 2.24) is 5.32 Å². The number of carboxylic acids is 1. The summed E-state index contributed by atoms with van der Waals surface area (Å²) in [6.07, 6.45) is 4.00. The molecule has 0 aromatic carbocycles. The van der Waals surface area contributed by atoms with E-state index in [2.05, 4.69) is 5.32 Å². The van der Waals surface area contributed by atoms with E-state index in [9.17, 15) is 14.7 Å². The molecule has 0 bridgehead atoms. The van der Waals surface area contributed by atoms with E-state index in [1.54, 1.807) is 0 Å². The monoisotopic (exact) mass is 230 g/mol. The fourth-order valence-corrected chi connectivity index (χ4v) is 2.11. The molecule has 0 saturated heterocycles. The minimum atomic E-state index is -2.17. The summed E-state index contributed by atoms with van der Waals surface area (Å²) in [6.45, 7) is -0.331. The average molecular weight is 230 g/mol. The van der Waals surface area contributed by atoms with E-state index in [0.29, 0.717) is 12.8 Å². The number of carboxylic acid groups (broad SMARTS) is 1. The zero-order chi connectivity index (χ0) is 12.2. The lowest BCUT2D eigenvalue weighted by Gasteiger charge is -2.35. The first kappa shape index (κ1) is 12.9. The topological polar surface area (TPSA) is 113 Å². The van der Waals surface area contributed by atoms with Gasteiger partial charge in [0, 0.05) is 5.92 Å². The molecular weight excluding hydrogens is 212 g/mol. The number of aliphatic carboxylic acids is 1. The summed E-state index contributed by atoms with van der Waals surface area (Å²) >= 11 is 0. The van der Waals surface area contributed by atoms with E-state index < -0.39 is 23.5 Å². The van der Waals surface area contributed by atoms with Crippen molar-refractivity contribution >= 4 is 11.9 Å². The third-order valence-corrected chi connectivity index (χ3v) is 3.04. The van der Waals surface area contributed by atoms with Crippen molar-refractivity contribution in [2.75, 3.05) is 6.54 Å². The standard InChI is InChI=1S/C10H18N2O4/c11-6-8(13)12-10(16,9(14)15)7-4-2-1-3-5-7/h7,16H,1-6,11H2,(H,12,13)(H,14,15). The van der Waals surface area contributed by atoms with Gasteiger partial charge in [0.05, 0.1) is 6.54 Å². The van der Waals surface area contributed by atoms with Gasteiger partial charge in [-0.2, -0.15) is 0 Å². The highest BCUT2D eigenvalue weighted by Gasteiger charge is 2.45. The highest BCUT2D eigenvalue weighted by Crippen LogP contribution is 2.31. The smallest absolute Gasteiger partial charge is 0.357 e. The van der Waals surface area contributed by atoms with Gasteiger partial charge in [0.15, 0.2) is 0 Å². The Kier molecular flexibility index (Phi) is 4.26. The Hall–Kier alpha value is -1.14. The number of hydrogen-bond acceptors (Lipinski definition) is 4. The van der Waals surface area contributed by atoms with Gasteiger partial charge in [-0.25, -0.2) is 4.79 Å². The number of carbonyl (C=O) groups is 2. The predicted octanol–water partition coefficient (Wildman–Crippen LogP) is -0.585. The van der Waals surface area contributed by atoms with Gasteiger partial charge in [-0.15, -0.1) is 0 Å². The van der Waals surface area contributed by atoms with E-state index in [1.807, 2.05) is 0 Å². The Morgan fingerprint density at radius 3 is 2.31 bits per heavy atom. The fourth-order valence-electron chi connectivity index (χ4n) is 2.11. The molecule has 1 rings (SSSR count). The third-order valence-electron chi connectivity index (χ3n) is 3.04. The number of amides is 1. The van der Waals surface area contributed by atoms with Crippen LogP contribution in [0.5, 0.6) is 0 Å². The molecule has 1 saturated carbocycles. The molecule has 0 radical (unpaired) electrons. The maximum Gasteiger partial charge on any atom is 0.357 e. The molecule has 0 aromatic rings. The summed E-state index contributed by atoms with van der Waals surface area (Å²) < 4.78 is 0. The van der Waals surface area contributed by atoms with Crippen LogP contribution in [0, 0.1) is 5.92 Å². The molecule has 1 unspecified atom stereocenters. The van der Waals surface area contributed by atoms with Gasteiger partial charge in [0.1, 0.15) is 0 Å². The second kappa shape index (κ2) is 5.27. The molecule has 1 atom stereocenters. The Bertz CT molecular complexity index is 276. The lowest BCUT2D eigenvalue weighted by Crippen LogP contribution is -2.60. The number of hydrogen-bond donors (Lipinski definition) is 4. The molecule has 1 amide bonds. The Morgan fingerprint density at radius 2 is 1.88 bits per heavy atom. The van der Waals surface area contributed by atoms with Gasteiger partial charge in [0.2, 0.25) is 11.6 Å². The Balaban J connectivity index is 2.77. The van der Waals surface area contributed by atoms with Gasteiger partial charge in [0.25, 0.3) is 0 Å². The van der Waals surface area contributed by atoms with Crippen molar-refractivity contribution < 1.29 is 19.8 Å². The van der Waals surface area contributed by atoms with Crippen LogP contribution in [0.4, 0.5) is 0 Å². The normalized spacial score (nSPS) is 21.1. The molecule has 92 valence electrons. The van der Waals surface area contributed by atoms with Gasteiger partial charge >= 0.3 is 5.97 Å². The van der Waals surface area contributed by atoms with E-state index >= 15 is 0 Å². The zero-order valence-electron chi connectivity index (χ0n) is 9.11. The number of nitrogens with one attached hydrogen (secondary N) is 1. The molecule has 0 aliphatic heterocycles. The largest absolute Gasteiger partial charge is 0.478 e.